The first-order chi connectivity index (χ1) is 10.6. The lowest BCUT2D eigenvalue weighted by Gasteiger charge is -2.16. The van der Waals surface area contributed by atoms with Crippen molar-refractivity contribution in [2.75, 3.05) is 20.6 Å². The highest BCUT2D eigenvalue weighted by atomic mass is 32.2. The maximum absolute atomic E-state index is 12.0. The molecule has 23 heavy (non-hydrogen) atoms. The third-order valence-electron chi connectivity index (χ3n) is 3.13. The van der Waals surface area contributed by atoms with E-state index >= 15 is 0 Å². The van der Waals surface area contributed by atoms with Crippen LogP contribution in [0.25, 0.3) is 0 Å². The molecular weight excluding hydrogens is 322 g/mol. The van der Waals surface area contributed by atoms with Crippen molar-refractivity contribution in [2.24, 2.45) is 0 Å². The van der Waals surface area contributed by atoms with Crippen LogP contribution in [0.3, 0.4) is 0 Å². The van der Waals surface area contributed by atoms with Crippen molar-refractivity contribution in [2.45, 2.75) is 24.3 Å². The van der Waals surface area contributed by atoms with Gasteiger partial charge in [-0.15, -0.1) is 0 Å². The highest BCUT2D eigenvalue weighted by Crippen LogP contribution is 2.18. The highest BCUT2D eigenvalue weighted by Gasteiger charge is 2.17. The fourth-order valence-corrected chi connectivity index (χ4v) is 2.65. The number of rotatable bonds is 7. The van der Waals surface area contributed by atoms with Crippen LogP contribution >= 0.6 is 0 Å². The van der Waals surface area contributed by atoms with Gasteiger partial charge >= 0.3 is 12.0 Å². The number of hydrogen-bond acceptors (Lipinski definition) is 4. The van der Waals surface area contributed by atoms with Crippen LogP contribution in [0.4, 0.5) is 4.79 Å². The van der Waals surface area contributed by atoms with Crippen LogP contribution in [-0.4, -0.2) is 50.5 Å². The van der Waals surface area contributed by atoms with Crippen molar-refractivity contribution in [3.8, 4) is 0 Å². The van der Waals surface area contributed by atoms with Gasteiger partial charge in [0.1, 0.15) is 0 Å². The van der Waals surface area contributed by atoms with Crippen molar-refractivity contribution in [3.05, 3.63) is 29.8 Å². The molecule has 0 aliphatic carbocycles. The van der Waals surface area contributed by atoms with Gasteiger partial charge in [0.05, 0.1) is 17.4 Å². The fourth-order valence-electron chi connectivity index (χ4n) is 1.75. The zero-order valence-corrected chi connectivity index (χ0v) is 14.1. The Morgan fingerprint density at radius 2 is 1.78 bits per heavy atom. The topological polar surface area (TPSA) is 116 Å². The monoisotopic (exact) mass is 343 g/mol. The summed E-state index contributed by atoms with van der Waals surface area (Å²) in [6.45, 7) is 1.78. The summed E-state index contributed by atoms with van der Waals surface area (Å²) in [4.78, 5) is 22.1. The van der Waals surface area contributed by atoms with Gasteiger partial charge in [0.15, 0.2) is 0 Å². The Hall–Kier alpha value is -2.13. The summed E-state index contributed by atoms with van der Waals surface area (Å²) in [5.41, 5.74) is 0.732. The number of urea groups is 1. The van der Waals surface area contributed by atoms with Gasteiger partial charge in [-0.1, -0.05) is 12.1 Å². The van der Waals surface area contributed by atoms with Crippen LogP contribution in [-0.2, 0) is 14.8 Å². The van der Waals surface area contributed by atoms with Gasteiger partial charge in [0.25, 0.3) is 0 Å². The fraction of sp³-hybridized carbons (Fsp3) is 0.429. The number of amides is 2. The molecule has 1 aromatic carbocycles. The molecule has 3 N–H and O–H groups in total. The van der Waals surface area contributed by atoms with Crippen molar-refractivity contribution in [1.82, 2.24) is 14.9 Å². The molecule has 0 radical (unpaired) electrons. The summed E-state index contributed by atoms with van der Waals surface area (Å²) in [6.07, 6.45) is -0.154. The standard InChI is InChI=1S/C14H21N3O5S/c1-10(16-14(20)15-9-8-13(18)19)11-4-6-12(7-5-11)23(21,22)17(2)3/h4-7,10H,8-9H2,1-3H3,(H,18,19)(H2,15,16,20). The summed E-state index contributed by atoms with van der Waals surface area (Å²) in [7, 11) is -0.578. The SMILES string of the molecule is CC(NC(=O)NCCC(=O)O)c1ccc(S(=O)(=O)N(C)C)cc1. The highest BCUT2D eigenvalue weighted by molar-refractivity contribution is 7.89. The number of benzene rings is 1. The van der Waals surface area contributed by atoms with Gasteiger partial charge in [0.2, 0.25) is 10.0 Å². The van der Waals surface area contributed by atoms with E-state index in [-0.39, 0.29) is 23.9 Å². The van der Waals surface area contributed by atoms with E-state index in [2.05, 4.69) is 10.6 Å². The molecule has 1 unspecified atom stereocenters. The van der Waals surface area contributed by atoms with E-state index in [1.165, 1.54) is 26.2 Å². The molecule has 1 rings (SSSR count). The van der Waals surface area contributed by atoms with E-state index in [0.717, 1.165) is 9.87 Å². The smallest absolute Gasteiger partial charge is 0.315 e. The number of nitrogens with one attached hydrogen (secondary N) is 2. The van der Waals surface area contributed by atoms with E-state index in [1.54, 1.807) is 19.1 Å². The Morgan fingerprint density at radius 3 is 2.26 bits per heavy atom. The number of hydrogen-bond donors (Lipinski definition) is 3. The minimum Gasteiger partial charge on any atom is -0.481 e. The molecule has 0 fully saturated rings. The number of carboxylic acid groups (broad SMARTS) is 1. The first kappa shape index (κ1) is 18.9. The lowest BCUT2D eigenvalue weighted by atomic mass is 10.1. The molecule has 0 aliphatic heterocycles. The van der Waals surface area contributed by atoms with Crippen LogP contribution < -0.4 is 10.6 Å². The summed E-state index contributed by atoms with van der Waals surface area (Å²) in [5, 5.41) is 13.6. The Labute approximate surface area is 135 Å². The van der Waals surface area contributed by atoms with E-state index in [1.807, 2.05) is 0 Å². The molecule has 0 aliphatic rings. The van der Waals surface area contributed by atoms with Crippen molar-refractivity contribution >= 4 is 22.0 Å². The summed E-state index contributed by atoms with van der Waals surface area (Å²) in [5.74, 6) is -0.990. The number of sulfonamides is 1. The molecule has 0 saturated carbocycles. The Bertz CT molecular complexity index is 655. The minimum absolute atomic E-state index is 0.0356. The minimum atomic E-state index is -3.48. The lowest BCUT2D eigenvalue weighted by Crippen LogP contribution is -2.38. The van der Waals surface area contributed by atoms with Crippen molar-refractivity contribution < 1.29 is 23.1 Å². The molecular formula is C14H21N3O5S. The summed E-state index contributed by atoms with van der Waals surface area (Å²) >= 11 is 0. The molecule has 1 aromatic rings. The molecule has 8 nitrogen and oxygen atoms in total. The molecule has 0 heterocycles. The summed E-state index contributed by atoms with van der Waals surface area (Å²) < 4.78 is 25.0. The zero-order valence-electron chi connectivity index (χ0n) is 13.2. The van der Waals surface area contributed by atoms with Gasteiger partial charge in [0, 0.05) is 20.6 Å². The Kier molecular flexibility index (Phi) is 6.52. The van der Waals surface area contributed by atoms with Crippen LogP contribution in [0.2, 0.25) is 0 Å². The third kappa shape index (κ3) is 5.53. The van der Waals surface area contributed by atoms with Crippen LogP contribution in [0.1, 0.15) is 24.9 Å². The van der Waals surface area contributed by atoms with Gasteiger partial charge in [-0.05, 0) is 24.6 Å². The van der Waals surface area contributed by atoms with E-state index < -0.39 is 22.0 Å². The Balaban J connectivity index is 2.66. The number of aliphatic carboxylic acids is 1. The molecule has 9 heteroatoms. The van der Waals surface area contributed by atoms with Gasteiger partial charge in [-0.2, -0.15) is 0 Å². The van der Waals surface area contributed by atoms with Crippen molar-refractivity contribution in [3.63, 3.8) is 0 Å². The predicted octanol–water partition coefficient (Wildman–Crippen LogP) is 0.772. The molecule has 0 aromatic heterocycles. The molecule has 0 bridgehead atoms. The Morgan fingerprint density at radius 1 is 1.22 bits per heavy atom. The predicted molar refractivity (Wildman–Crippen MR) is 84.5 cm³/mol. The van der Waals surface area contributed by atoms with Crippen molar-refractivity contribution in [1.29, 1.82) is 0 Å². The molecule has 1 atom stereocenters. The first-order valence-corrected chi connectivity index (χ1v) is 8.37. The maximum Gasteiger partial charge on any atom is 0.315 e. The molecule has 0 saturated heterocycles. The lowest BCUT2D eigenvalue weighted by molar-refractivity contribution is -0.136. The number of carbonyl (C=O) groups excluding carboxylic acids is 1. The van der Waals surface area contributed by atoms with Crippen LogP contribution in [0.5, 0.6) is 0 Å². The van der Waals surface area contributed by atoms with E-state index in [4.69, 9.17) is 5.11 Å². The second-order valence-corrected chi connectivity index (χ2v) is 7.27. The first-order valence-electron chi connectivity index (χ1n) is 6.93. The van der Waals surface area contributed by atoms with E-state index in [0.29, 0.717) is 0 Å². The second kappa shape index (κ2) is 7.93. The molecule has 0 spiro atoms. The second-order valence-electron chi connectivity index (χ2n) is 5.12. The van der Waals surface area contributed by atoms with Crippen LogP contribution in [0, 0.1) is 0 Å². The average molecular weight is 343 g/mol. The quantitative estimate of drug-likeness (QED) is 0.676. The van der Waals surface area contributed by atoms with Gasteiger partial charge in [-0.3, -0.25) is 4.79 Å². The number of carboxylic acids is 1. The largest absolute Gasteiger partial charge is 0.481 e. The molecule has 128 valence electrons. The number of nitrogens with zero attached hydrogens (tertiary/aromatic N) is 1. The normalized spacial score (nSPS) is 12.7. The average Bonchev–Trinajstić information content (AvgIpc) is 2.46. The van der Waals surface area contributed by atoms with Crippen LogP contribution in [0.15, 0.2) is 29.2 Å². The zero-order chi connectivity index (χ0) is 17.6. The summed E-state index contributed by atoms with van der Waals surface area (Å²) in [6, 6.07) is 5.37. The van der Waals surface area contributed by atoms with E-state index in [9.17, 15) is 18.0 Å². The van der Waals surface area contributed by atoms with Gasteiger partial charge < -0.3 is 15.7 Å². The maximum atomic E-state index is 12.0. The number of carbonyl (C=O) groups is 2. The third-order valence-corrected chi connectivity index (χ3v) is 4.96. The molecule has 2 amide bonds. The van der Waals surface area contributed by atoms with Gasteiger partial charge in [-0.25, -0.2) is 17.5 Å².